The molecular formula is C17H22ClN5O3. The fraction of sp³-hybridized carbons (Fsp3) is 0.471. The zero-order chi connectivity index (χ0) is 18.5. The van der Waals surface area contributed by atoms with E-state index in [9.17, 15) is 4.79 Å². The van der Waals surface area contributed by atoms with Crippen LogP contribution in [-0.4, -0.2) is 71.8 Å². The molecule has 9 heteroatoms. The number of nitrogens with two attached hydrogens (primary N) is 1. The van der Waals surface area contributed by atoms with Crippen molar-refractivity contribution in [3.05, 3.63) is 35.2 Å². The van der Waals surface area contributed by atoms with Crippen molar-refractivity contribution in [1.82, 2.24) is 19.9 Å². The van der Waals surface area contributed by atoms with E-state index in [1.54, 1.807) is 17.0 Å². The number of ether oxygens (including phenoxy) is 1. The quantitative estimate of drug-likeness (QED) is 0.799. The average Bonchev–Trinajstić information content (AvgIpc) is 3.11. The monoisotopic (exact) mass is 379 g/mol. The van der Waals surface area contributed by atoms with Crippen molar-refractivity contribution in [2.45, 2.75) is 12.6 Å². The number of rotatable bonds is 6. The van der Waals surface area contributed by atoms with Crippen LogP contribution in [0, 0.1) is 0 Å². The molecule has 0 aliphatic carbocycles. The van der Waals surface area contributed by atoms with Crippen molar-refractivity contribution in [2.24, 2.45) is 5.73 Å². The lowest BCUT2D eigenvalue weighted by molar-refractivity contribution is -0.135. The maximum Gasteiger partial charge on any atom is 0.241 e. The van der Waals surface area contributed by atoms with E-state index < -0.39 is 6.04 Å². The highest BCUT2D eigenvalue weighted by Crippen LogP contribution is 2.19. The molecule has 1 aromatic carbocycles. The van der Waals surface area contributed by atoms with Crippen LogP contribution in [0.5, 0.6) is 0 Å². The lowest BCUT2D eigenvalue weighted by Gasteiger charge is -2.35. The molecule has 1 fully saturated rings. The lowest BCUT2D eigenvalue weighted by atomic mass is 10.2. The van der Waals surface area contributed by atoms with Gasteiger partial charge in [-0.2, -0.15) is 4.98 Å². The fourth-order valence-electron chi connectivity index (χ4n) is 2.84. The van der Waals surface area contributed by atoms with Crippen molar-refractivity contribution in [1.29, 1.82) is 0 Å². The first kappa shape index (κ1) is 18.8. The maximum absolute atomic E-state index is 12.2. The Morgan fingerprint density at radius 1 is 1.31 bits per heavy atom. The molecule has 0 bridgehead atoms. The van der Waals surface area contributed by atoms with E-state index >= 15 is 0 Å². The first-order valence-corrected chi connectivity index (χ1v) is 8.79. The Balaban J connectivity index is 1.52. The first-order valence-electron chi connectivity index (χ1n) is 8.41. The number of piperazine rings is 1. The summed E-state index contributed by atoms with van der Waals surface area (Å²) in [5, 5.41) is 4.68. The molecule has 1 saturated heterocycles. The minimum absolute atomic E-state index is 0.0747. The van der Waals surface area contributed by atoms with Crippen LogP contribution in [0.4, 0.5) is 0 Å². The lowest BCUT2D eigenvalue weighted by Crippen LogP contribution is -2.53. The summed E-state index contributed by atoms with van der Waals surface area (Å²) in [5.74, 6) is 1.01. The van der Waals surface area contributed by atoms with Gasteiger partial charge >= 0.3 is 0 Å². The number of methoxy groups -OCH3 is 1. The van der Waals surface area contributed by atoms with Crippen molar-refractivity contribution in [3.63, 3.8) is 0 Å². The Bertz CT molecular complexity index is 728. The minimum atomic E-state index is -0.607. The largest absolute Gasteiger partial charge is 0.383 e. The van der Waals surface area contributed by atoms with Gasteiger partial charge in [-0.15, -0.1) is 0 Å². The standard InChI is InChI=1S/C17H22ClN5O3/c1-25-11-14(19)17(24)23-8-6-22(7-9-23)10-15-20-16(21-26-15)12-2-4-13(18)5-3-12/h2-5,14H,6-11,19H2,1H3. The summed E-state index contributed by atoms with van der Waals surface area (Å²) in [6.07, 6.45) is 0. The molecule has 1 atom stereocenters. The molecule has 2 heterocycles. The SMILES string of the molecule is COCC(N)C(=O)N1CCN(Cc2nc(-c3ccc(Cl)cc3)no2)CC1. The zero-order valence-electron chi connectivity index (χ0n) is 14.6. The Kier molecular flexibility index (Phi) is 6.20. The van der Waals surface area contributed by atoms with Crippen LogP contribution < -0.4 is 5.73 Å². The molecule has 1 unspecified atom stereocenters. The van der Waals surface area contributed by atoms with Gasteiger partial charge in [0.25, 0.3) is 0 Å². The van der Waals surface area contributed by atoms with Crippen LogP contribution in [0.25, 0.3) is 11.4 Å². The van der Waals surface area contributed by atoms with Gasteiger partial charge in [0.2, 0.25) is 17.6 Å². The third-order valence-corrected chi connectivity index (χ3v) is 4.53. The van der Waals surface area contributed by atoms with Crippen LogP contribution in [0.15, 0.2) is 28.8 Å². The molecule has 1 aromatic heterocycles. The van der Waals surface area contributed by atoms with E-state index in [4.69, 9.17) is 26.6 Å². The van der Waals surface area contributed by atoms with Gasteiger partial charge in [0.15, 0.2) is 0 Å². The maximum atomic E-state index is 12.2. The number of benzene rings is 1. The summed E-state index contributed by atoms with van der Waals surface area (Å²) >= 11 is 5.89. The summed E-state index contributed by atoms with van der Waals surface area (Å²) in [7, 11) is 1.54. The predicted octanol–water partition coefficient (Wildman–Crippen LogP) is 1.01. The normalized spacial score (nSPS) is 16.7. The molecule has 0 saturated carbocycles. The molecule has 0 spiro atoms. The van der Waals surface area contributed by atoms with Crippen LogP contribution >= 0.6 is 11.6 Å². The average molecular weight is 380 g/mol. The third-order valence-electron chi connectivity index (χ3n) is 4.28. The number of amides is 1. The van der Waals surface area contributed by atoms with E-state index in [0.29, 0.717) is 36.4 Å². The highest BCUT2D eigenvalue weighted by Gasteiger charge is 2.26. The molecule has 1 aliphatic heterocycles. The molecule has 1 amide bonds. The molecule has 26 heavy (non-hydrogen) atoms. The van der Waals surface area contributed by atoms with Gasteiger partial charge in [0.05, 0.1) is 13.2 Å². The summed E-state index contributed by atoms with van der Waals surface area (Å²) < 4.78 is 10.3. The third kappa shape index (κ3) is 4.59. The number of hydrogen-bond acceptors (Lipinski definition) is 7. The van der Waals surface area contributed by atoms with Crippen molar-refractivity contribution in [3.8, 4) is 11.4 Å². The second-order valence-electron chi connectivity index (χ2n) is 6.18. The molecular weight excluding hydrogens is 358 g/mol. The van der Waals surface area contributed by atoms with Gasteiger partial charge in [-0.25, -0.2) is 0 Å². The van der Waals surface area contributed by atoms with E-state index in [1.165, 1.54) is 7.11 Å². The van der Waals surface area contributed by atoms with Gasteiger partial charge in [0.1, 0.15) is 6.04 Å². The van der Waals surface area contributed by atoms with Crippen LogP contribution in [-0.2, 0) is 16.1 Å². The first-order chi connectivity index (χ1) is 12.6. The summed E-state index contributed by atoms with van der Waals surface area (Å²) in [6, 6.07) is 6.67. The fourth-order valence-corrected chi connectivity index (χ4v) is 2.96. The van der Waals surface area contributed by atoms with Gasteiger partial charge in [-0.3, -0.25) is 9.69 Å². The molecule has 1 aliphatic rings. The molecule has 2 N–H and O–H groups in total. The molecule has 0 radical (unpaired) electrons. The van der Waals surface area contributed by atoms with E-state index in [2.05, 4.69) is 15.0 Å². The molecule has 2 aromatic rings. The summed E-state index contributed by atoms with van der Waals surface area (Å²) in [4.78, 5) is 20.6. The van der Waals surface area contributed by atoms with Gasteiger partial charge in [-0.1, -0.05) is 16.8 Å². The number of aromatic nitrogens is 2. The molecule has 3 rings (SSSR count). The Labute approximate surface area is 156 Å². The van der Waals surface area contributed by atoms with Gasteiger partial charge in [-0.05, 0) is 24.3 Å². The zero-order valence-corrected chi connectivity index (χ0v) is 15.4. The number of carbonyl (C=O) groups is 1. The van der Waals surface area contributed by atoms with Crippen LogP contribution in [0.2, 0.25) is 5.02 Å². The van der Waals surface area contributed by atoms with E-state index in [0.717, 1.165) is 18.7 Å². The van der Waals surface area contributed by atoms with Crippen LogP contribution in [0.3, 0.4) is 0 Å². The van der Waals surface area contributed by atoms with Crippen molar-refractivity contribution >= 4 is 17.5 Å². The number of carbonyl (C=O) groups excluding carboxylic acids is 1. The Morgan fingerprint density at radius 3 is 2.65 bits per heavy atom. The van der Waals surface area contributed by atoms with Gasteiger partial charge < -0.3 is 19.9 Å². The highest BCUT2D eigenvalue weighted by atomic mass is 35.5. The topological polar surface area (TPSA) is 97.7 Å². The predicted molar refractivity (Wildman–Crippen MR) is 96.5 cm³/mol. The minimum Gasteiger partial charge on any atom is -0.383 e. The smallest absolute Gasteiger partial charge is 0.241 e. The van der Waals surface area contributed by atoms with Crippen LogP contribution in [0.1, 0.15) is 5.89 Å². The molecule has 8 nitrogen and oxygen atoms in total. The second-order valence-corrected chi connectivity index (χ2v) is 6.62. The Morgan fingerprint density at radius 2 is 2.00 bits per heavy atom. The Hall–Kier alpha value is -2.00. The van der Waals surface area contributed by atoms with E-state index in [-0.39, 0.29) is 12.5 Å². The number of hydrogen-bond donors (Lipinski definition) is 1. The number of halogens is 1. The van der Waals surface area contributed by atoms with Crippen molar-refractivity contribution in [2.75, 3.05) is 39.9 Å². The second kappa shape index (κ2) is 8.59. The van der Waals surface area contributed by atoms with E-state index in [1.807, 2.05) is 12.1 Å². The molecule has 140 valence electrons. The summed E-state index contributed by atoms with van der Waals surface area (Å²) in [6.45, 7) is 3.47. The van der Waals surface area contributed by atoms with Gasteiger partial charge in [0, 0.05) is 43.9 Å². The van der Waals surface area contributed by atoms with Crippen molar-refractivity contribution < 1.29 is 14.1 Å². The summed E-state index contributed by atoms with van der Waals surface area (Å²) in [5.41, 5.74) is 6.67. The highest BCUT2D eigenvalue weighted by molar-refractivity contribution is 6.30. The number of nitrogens with zero attached hydrogens (tertiary/aromatic N) is 4.